The number of nitrogens with zero attached hydrogens (tertiary/aromatic N) is 1. The number of rotatable bonds is 7. The van der Waals surface area contributed by atoms with Crippen molar-refractivity contribution in [3.8, 4) is 6.07 Å². The number of halogens is 1. The third-order valence-electron chi connectivity index (χ3n) is 3.32. The predicted octanol–water partition coefficient (Wildman–Crippen LogP) is 5.34. The average molecular weight is 323 g/mol. The average Bonchev–Trinajstić information content (AvgIpc) is 2.37. The molecule has 1 N–H and O–H groups in total. The van der Waals surface area contributed by atoms with Crippen molar-refractivity contribution in [3.05, 3.63) is 28.2 Å². The van der Waals surface area contributed by atoms with Gasteiger partial charge in [-0.1, -0.05) is 56.0 Å². The van der Waals surface area contributed by atoms with E-state index in [2.05, 4.69) is 48.1 Å². The number of nitrogens with one attached hydrogen (secondary N) is 1. The summed E-state index contributed by atoms with van der Waals surface area (Å²) in [6, 6.07) is 7.94. The highest BCUT2D eigenvalue weighted by molar-refractivity contribution is 9.10. The minimum absolute atomic E-state index is 0.254. The summed E-state index contributed by atoms with van der Waals surface area (Å²) in [7, 11) is 0. The zero-order valence-corrected chi connectivity index (χ0v) is 13.7. The van der Waals surface area contributed by atoms with Crippen molar-refractivity contribution in [1.82, 2.24) is 0 Å². The van der Waals surface area contributed by atoms with Crippen LogP contribution >= 0.6 is 15.9 Å². The Balaban J connectivity index is 2.60. The summed E-state index contributed by atoms with van der Waals surface area (Å²) in [5.74, 6) is 0. The molecule has 0 fully saturated rings. The summed E-state index contributed by atoms with van der Waals surface area (Å²) < 4.78 is 0.998. The van der Waals surface area contributed by atoms with Gasteiger partial charge < -0.3 is 5.32 Å². The van der Waals surface area contributed by atoms with Crippen molar-refractivity contribution in [3.63, 3.8) is 0 Å². The molecule has 0 spiro atoms. The van der Waals surface area contributed by atoms with E-state index in [0.29, 0.717) is 5.56 Å². The van der Waals surface area contributed by atoms with Crippen molar-refractivity contribution < 1.29 is 0 Å². The SMILES string of the molecule is CCCCCC(C)(C)CNc1cc(Br)ccc1C#N. The zero-order valence-electron chi connectivity index (χ0n) is 12.1. The molecule has 0 aliphatic rings. The standard InChI is InChI=1S/C16H23BrN2/c1-4-5-6-9-16(2,3)12-19-15-10-14(17)8-7-13(15)11-18/h7-8,10,19H,4-6,9,12H2,1-3H3. The highest BCUT2D eigenvalue weighted by Crippen LogP contribution is 2.26. The van der Waals surface area contributed by atoms with Crippen molar-refractivity contribution in [1.29, 1.82) is 5.26 Å². The van der Waals surface area contributed by atoms with Crippen molar-refractivity contribution in [2.45, 2.75) is 46.5 Å². The molecule has 104 valence electrons. The third-order valence-corrected chi connectivity index (χ3v) is 3.81. The van der Waals surface area contributed by atoms with Crippen molar-refractivity contribution >= 4 is 21.6 Å². The van der Waals surface area contributed by atoms with Gasteiger partial charge in [0.2, 0.25) is 0 Å². The van der Waals surface area contributed by atoms with Crippen LogP contribution in [0.5, 0.6) is 0 Å². The van der Waals surface area contributed by atoms with Crippen LogP contribution in [0.15, 0.2) is 22.7 Å². The molecule has 2 nitrogen and oxygen atoms in total. The molecule has 0 saturated carbocycles. The Bertz CT molecular complexity index is 447. The van der Waals surface area contributed by atoms with Crippen LogP contribution < -0.4 is 5.32 Å². The molecule has 0 unspecified atom stereocenters. The Labute approximate surface area is 125 Å². The van der Waals surface area contributed by atoms with Gasteiger partial charge in [0.15, 0.2) is 0 Å². The quantitative estimate of drug-likeness (QED) is 0.688. The van der Waals surface area contributed by atoms with Gasteiger partial charge in [-0.25, -0.2) is 0 Å². The maximum atomic E-state index is 9.11. The summed E-state index contributed by atoms with van der Waals surface area (Å²) in [6.45, 7) is 7.67. The minimum atomic E-state index is 0.254. The van der Waals surface area contributed by atoms with E-state index >= 15 is 0 Å². The van der Waals surface area contributed by atoms with E-state index in [9.17, 15) is 0 Å². The molecule has 3 heteroatoms. The fourth-order valence-electron chi connectivity index (χ4n) is 2.04. The number of benzene rings is 1. The van der Waals surface area contributed by atoms with Gasteiger partial charge in [-0.3, -0.25) is 0 Å². The first-order valence-electron chi connectivity index (χ1n) is 6.92. The van der Waals surface area contributed by atoms with Gasteiger partial charge >= 0.3 is 0 Å². The largest absolute Gasteiger partial charge is 0.383 e. The van der Waals surface area contributed by atoms with Crippen LogP contribution in [-0.2, 0) is 0 Å². The number of nitriles is 1. The van der Waals surface area contributed by atoms with Crippen molar-refractivity contribution in [2.24, 2.45) is 5.41 Å². The summed E-state index contributed by atoms with van der Waals surface area (Å²) >= 11 is 3.45. The van der Waals surface area contributed by atoms with Crippen LogP contribution in [0.2, 0.25) is 0 Å². The molecule has 0 heterocycles. The van der Waals surface area contributed by atoms with Crippen LogP contribution in [-0.4, -0.2) is 6.54 Å². The third kappa shape index (κ3) is 5.65. The van der Waals surface area contributed by atoms with Crippen LogP contribution in [0.25, 0.3) is 0 Å². The monoisotopic (exact) mass is 322 g/mol. The molecule has 0 atom stereocenters. The van der Waals surface area contributed by atoms with Gasteiger partial charge in [-0.15, -0.1) is 0 Å². The van der Waals surface area contributed by atoms with E-state index in [4.69, 9.17) is 5.26 Å². The Morgan fingerprint density at radius 2 is 2.05 bits per heavy atom. The second-order valence-electron chi connectivity index (χ2n) is 5.78. The van der Waals surface area contributed by atoms with Crippen LogP contribution in [0.3, 0.4) is 0 Å². The topological polar surface area (TPSA) is 35.8 Å². The molecule has 1 aromatic carbocycles. The first-order chi connectivity index (χ1) is 8.98. The lowest BCUT2D eigenvalue weighted by molar-refractivity contribution is 0.342. The van der Waals surface area contributed by atoms with E-state index in [1.165, 1.54) is 25.7 Å². The molecule has 1 rings (SSSR count). The van der Waals surface area contributed by atoms with E-state index in [0.717, 1.165) is 16.7 Å². The summed E-state index contributed by atoms with van der Waals surface area (Å²) in [5, 5.41) is 12.5. The molecular formula is C16H23BrN2. The van der Waals surface area contributed by atoms with Gasteiger partial charge in [0.25, 0.3) is 0 Å². The number of unbranched alkanes of at least 4 members (excludes halogenated alkanes) is 2. The van der Waals surface area contributed by atoms with E-state index in [1.54, 1.807) is 0 Å². The number of anilines is 1. The normalized spacial score (nSPS) is 11.1. The summed E-state index contributed by atoms with van der Waals surface area (Å²) in [5.41, 5.74) is 1.87. The second kappa shape index (κ2) is 7.55. The molecule has 0 aromatic heterocycles. The Morgan fingerprint density at radius 1 is 1.32 bits per heavy atom. The lowest BCUT2D eigenvalue weighted by Gasteiger charge is -2.26. The van der Waals surface area contributed by atoms with Crippen LogP contribution in [0, 0.1) is 16.7 Å². The fraction of sp³-hybridized carbons (Fsp3) is 0.562. The van der Waals surface area contributed by atoms with Gasteiger partial charge in [0.05, 0.1) is 11.3 Å². The van der Waals surface area contributed by atoms with Crippen molar-refractivity contribution in [2.75, 3.05) is 11.9 Å². The Hall–Kier alpha value is -1.01. The van der Waals surface area contributed by atoms with Gasteiger partial charge in [0, 0.05) is 11.0 Å². The molecule has 0 aliphatic heterocycles. The lowest BCUT2D eigenvalue weighted by Crippen LogP contribution is -2.23. The van der Waals surface area contributed by atoms with E-state index in [-0.39, 0.29) is 5.41 Å². The minimum Gasteiger partial charge on any atom is -0.383 e. The number of hydrogen-bond acceptors (Lipinski definition) is 2. The maximum absolute atomic E-state index is 9.11. The predicted molar refractivity (Wildman–Crippen MR) is 85.3 cm³/mol. The van der Waals surface area contributed by atoms with Gasteiger partial charge in [-0.05, 0) is 30.0 Å². The fourth-order valence-corrected chi connectivity index (χ4v) is 2.40. The van der Waals surface area contributed by atoms with Crippen LogP contribution in [0.4, 0.5) is 5.69 Å². The molecule has 0 aliphatic carbocycles. The highest BCUT2D eigenvalue weighted by atomic mass is 79.9. The van der Waals surface area contributed by atoms with Gasteiger partial charge in [-0.2, -0.15) is 5.26 Å². The number of hydrogen-bond donors (Lipinski definition) is 1. The Kier molecular flexibility index (Phi) is 6.37. The maximum Gasteiger partial charge on any atom is 0.101 e. The molecule has 0 amide bonds. The summed E-state index contributed by atoms with van der Waals surface area (Å²) in [4.78, 5) is 0. The molecule has 0 saturated heterocycles. The Morgan fingerprint density at radius 3 is 2.68 bits per heavy atom. The first-order valence-corrected chi connectivity index (χ1v) is 7.71. The van der Waals surface area contributed by atoms with Crippen LogP contribution in [0.1, 0.15) is 52.0 Å². The molecule has 0 radical (unpaired) electrons. The van der Waals surface area contributed by atoms with E-state index in [1.807, 2.05) is 18.2 Å². The molecule has 1 aromatic rings. The highest BCUT2D eigenvalue weighted by Gasteiger charge is 2.17. The zero-order chi connectivity index (χ0) is 14.3. The molecule has 0 bridgehead atoms. The molecule has 19 heavy (non-hydrogen) atoms. The smallest absolute Gasteiger partial charge is 0.101 e. The van der Waals surface area contributed by atoms with E-state index < -0.39 is 0 Å². The van der Waals surface area contributed by atoms with Gasteiger partial charge in [0.1, 0.15) is 6.07 Å². The summed E-state index contributed by atoms with van der Waals surface area (Å²) in [6.07, 6.45) is 5.04. The molecular weight excluding hydrogens is 300 g/mol. The second-order valence-corrected chi connectivity index (χ2v) is 6.69. The lowest BCUT2D eigenvalue weighted by atomic mass is 9.86. The first kappa shape index (κ1) is 16.0.